The van der Waals surface area contributed by atoms with Crippen LogP contribution in [0.5, 0.6) is 11.5 Å². The van der Waals surface area contributed by atoms with E-state index in [9.17, 15) is 9.50 Å². The van der Waals surface area contributed by atoms with Crippen molar-refractivity contribution in [3.8, 4) is 11.5 Å². The van der Waals surface area contributed by atoms with Crippen LogP contribution in [0.25, 0.3) is 0 Å². The lowest BCUT2D eigenvalue weighted by molar-refractivity contribution is 0.238. The Bertz CT molecular complexity index is 721. The highest BCUT2D eigenvalue weighted by Gasteiger charge is 2.14. The van der Waals surface area contributed by atoms with Crippen molar-refractivity contribution in [2.75, 3.05) is 13.7 Å². The fourth-order valence-electron chi connectivity index (χ4n) is 2.40. The van der Waals surface area contributed by atoms with Gasteiger partial charge in [-0.3, -0.25) is 0 Å². The van der Waals surface area contributed by atoms with Gasteiger partial charge in [0.2, 0.25) is 0 Å². The van der Waals surface area contributed by atoms with E-state index in [4.69, 9.17) is 21.1 Å². The lowest BCUT2D eigenvalue weighted by Crippen LogP contribution is -2.31. The van der Waals surface area contributed by atoms with Gasteiger partial charge in [0.15, 0.2) is 11.5 Å². The first-order valence-electron chi connectivity index (χ1n) is 8.26. The first-order chi connectivity index (χ1) is 12.5. The molecule has 7 heteroatoms. The summed E-state index contributed by atoms with van der Waals surface area (Å²) in [6, 6.07) is 8.18. The van der Waals surface area contributed by atoms with Gasteiger partial charge in [0.1, 0.15) is 12.4 Å². The summed E-state index contributed by atoms with van der Waals surface area (Å²) in [5.41, 5.74) is 1.26. The van der Waals surface area contributed by atoms with Crippen LogP contribution in [0.1, 0.15) is 24.5 Å². The van der Waals surface area contributed by atoms with E-state index in [0.29, 0.717) is 28.6 Å². The second kappa shape index (κ2) is 10.1. The van der Waals surface area contributed by atoms with Gasteiger partial charge in [-0.15, -0.1) is 0 Å². The molecule has 0 spiro atoms. The molecule has 2 aromatic carbocycles. The van der Waals surface area contributed by atoms with Crippen molar-refractivity contribution in [3.63, 3.8) is 0 Å². The average Bonchev–Trinajstić information content (AvgIpc) is 2.63. The van der Waals surface area contributed by atoms with Crippen molar-refractivity contribution >= 4 is 27.5 Å². The molecule has 1 atom stereocenters. The Balaban J connectivity index is 2.15. The number of benzene rings is 2. The topological polar surface area (TPSA) is 50.7 Å². The zero-order valence-corrected chi connectivity index (χ0v) is 17.0. The van der Waals surface area contributed by atoms with Crippen LogP contribution in [0, 0.1) is 5.82 Å². The molecular formula is C19H22BrClFNO3. The second-order valence-corrected chi connectivity index (χ2v) is 7.01. The third kappa shape index (κ3) is 5.33. The summed E-state index contributed by atoms with van der Waals surface area (Å²) >= 11 is 9.56. The summed E-state index contributed by atoms with van der Waals surface area (Å²) in [6.45, 7) is 2.65. The molecule has 4 nitrogen and oxygen atoms in total. The monoisotopic (exact) mass is 445 g/mol. The van der Waals surface area contributed by atoms with E-state index in [-0.39, 0.29) is 19.3 Å². The highest BCUT2D eigenvalue weighted by molar-refractivity contribution is 9.10. The minimum atomic E-state index is -0.411. The van der Waals surface area contributed by atoms with Gasteiger partial charge in [-0.2, -0.15) is 0 Å². The van der Waals surface area contributed by atoms with Crippen molar-refractivity contribution in [1.82, 2.24) is 5.32 Å². The molecule has 0 heterocycles. The molecule has 1 unspecified atom stereocenters. The number of rotatable bonds is 9. The van der Waals surface area contributed by atoms with E-state index >= 15 is 0 Å². The van der Waals surface area contributed by atoms with Crippen molar-refractivity contribution in [2.24, 2.45) is 0 Å². The molecule has 0 aliphatic carbocycles. The molecule has 0 aromatic heterocycles. The van der Waals surface area contributed by atoms with Crippen LogP contribution < -0.4 is 14.8 Å². The summed E-state index contributed by atoms with van der Waals surface area (Å²) in [7, 11) is 1.55. The minimum Gasteiger partial charge on any atom is -0.493 e. The zero-order valence-electron chi connectivity index (χ0n) is 14.7. The van der Waals surface area contributed by atoms with Crippen molar-refractivity contribution in [2.45, 2.75) is 32.5 Å². The SMILES string of the molecule is CCC(CO)NCc1cc(OC)c(OCc2c(F)cccc2Cl)cc1Br. The average molecular weight is 447 g/mol. The van der Waals surface area contributed by atoms with E-state index in [1.54, 1.807) is 25.3 Å². The maximum atomic E-state index is 13.9. The first kappa shape index (κ1) is 21.0. The Kier molecular flexibility index (Phi) is 8.15. The molecule has 0 aliphatic rings. The van der Waals surface area contributed by atoms with Crippen molar-refractivity contribution in [1.29, 1.82) is 0 Å². The van der Waals surface area contributed by atoms with Gasteiger partial charge in [0.05, 0.1) is 18.7 Å². The second-order valence-electron chi connectivity index (χ2n) is 5.75. The fourth-order valence-corrected chi connectivity index (χ4v) is 3.08. The van der Waals surface area contributed by atoms with Gasteiger partial charge in [-0.1, -0.05) is 40.5 Å². The van der Waals surface area contributed by atoms with Gasteiger partial charge >= 0.3 is 0 Å². The Morgan fingerprint density at radius 2 is 2.08 bits per heavy atom. The van der Waals surface area contributed by atoms with Crippen LogP contribution in [-0.4, -0.2) is 24.9 Å². The molecule has 142 valence electrons. The highest BCUT2D eigenvalue weighted by atomic mass is 79.9. The normalized spacial score (nSPS) is 12.1. The van der Waals surface area contributed by atoms with E-state index in [0.717, 1.165) is 16.5 Å². The van der Waals surface area contributed by atoms with Gasteiger partial charge in [-0.25, -0.2) is 4.39 Å². The van der Waals surface area contributed by atoms with Crippen LogP contribution in [0.3, 0.4) is 0 Å². The third-order valence-electron chi connectivity index (χ3n) is 4.06. The van der Waals surface area contributed by atoms with Crippen LogP contribution >= 0.6 is 27.5 Å². The predicted octanol–water partition coefficient (Wildman–Crippen LogP) is 4.69. The molecule has 0 saturated carbocycles. The lowest BCUT2D eigenvalue weighted by Gasteiger charge is -2.17. The zero-order chi connectivity index (χ0) is 19.1. The number of hydrogen-bond acceptors (Lipinski definition) is 4. The Morgan fingerprint density at radius 3 is 2.69 bits per heavy atom. The number of hydrogen-bond donors (Lipinski definition) is 2. The Morgan fingerprint density at radius 1 is 1.31 bits per heavy atom. The summed E-state index contributed by atoms with van der Waals surface area (Å²) in [4.78, 5) is 0. The summed E-state index contributed by atoms with van der Waals surface area (Å²) in [5.74, 6) is 0.608. The van der Waals surface area contributed by atoms with Gasteiger partial charge in [0.25, 0.3) is 0 Å². The number of nitrogens with one attached hydrogen (secondary N) is 1. The van der Waals surface area contributed by atoms with Gasteiger partial charge in [-0.05, 0) is 36.2 Å². The maximum Gasteiger partial charge on any atom is 0.162 e. The van der Waals surface area contributed by atoms with E-state index in [1.807, 2.05) is 13.0 Å². The van der Waals surface area contributed by atoms with Gasteiger partial charge in [0, 0.05) is 22.6 Å². The predicted molar refractivity (Wildman–Crippen MR) is 104 cm³/mol. The lowest BCUT2D eigenvalue weighted by atomic mass is 10.1. The fraction of sp³-hybridized carbons (Fsp3) is 0.368. The molecule has 0 radical (unpaired) electrons. The molecule has 0 aliphatic heterocycles. The number of aliphatic hydroxyl groups is 1. The minimum absolute atomic E-state index is 0.00563. The van der Waals surface area contributed by atoms with E-state index < -0.39 is 5.82 Å². The molecule has 2 rings (SSSR count). The largest absolute Gasteiger partial charge is 0.493 e. The molecule has 0 saturated heterocycles. The van der Waals surface area contributed by atoms with Crippen LogP contribution in [0.15, 0.2) is 34.8 Å². The van der Waals surface area contributed by atoms with Crippen LogP contribution in [-0.2, 0) is 13.2 Å². The molecule has 0 bridgehead atoms. The Labute approximate surface area is 166 Å². The highest BCUT2D eigenvalue weighted by Crippen LogP contribution is 2.34. The molecule has 0 amide bonds. The number of aliphatic hydroxyl groups excluding tert-OH is 1. The standard InChI is InChI=1S/C19H22BrClFNO3/c1-3-13(10-24)23-9-12-7-18(25-2)19(8-15(12)20)26-11-14-16(21)5-4-6-17(14)22/h4-8,13,23-24H,3,9-11H2,1-2H3. The van der Waals surface area contributed by atoms with Crippen molar-refractivity contribution in [3.05, 3.63) is 56.8 Å². The molecular weight excluding hydrogens is 425 g/mol. The quantitative estimate of drug-likeness (QED) is 0.587. The molecule has 26 heavy (non-hydrogen) atoms. The smallest absolute Gasteiger partial charge is 0.162 e. The number of ether oxygens (including phenoxy) is 2. The molecule has 0 fully saturated rings. The summed E-state index contributed by atoms with van der Waals surface area (Å²) in [5, 5.41) is 12.9. The first-order valence-corrected chi connectivity index (χ1v) is 9.43. The molecule has 2 aromatic rings. The maximum absolute atomic E-state index is 13.9. The number of methoxy groups -OCH3 is 1. The number of halogens is 3. The third-order valence-corrected chi connectivity index (χ3v) is 5.15. The Hall–Kier alpha value is -1.34. The summed E-state index contributed by atoms with van der Waals surface area (Å²) in [6.07, 6.45) is 0.829. The molecule has 2 N–H and O–H groups in total. The van der Waals surface area contributed by atoms with E-state index in [2.05, 4.69) is 21.2 Å². The summed E-state index contributed by atoms with van der Waals surface area (Å²) < 4.78 is 25.9. The van der Waals surface area contributed by atoms with Crippen molar-refractivity contribution < 1.29 is 19.0 Å². The van der Waals surface area contributed by atoms with Gasteiger partial charge < -0.3 is 19.9 Å². The van der Waals surface area contributed by atoms with Crippen LogP contribution in [0.4, 0.5) is 4.39 Å². The van der Waals surface area contributed by atoms with Crippen LogP contribution in [0.2, 0.25) is 5.02 Å². The van der Waals surface area contributed by atoms with E-state index in [1.165, 1.54) is 6.07 Å².